The highest BCUT2D eigenvalue weighted by atomic mass is 16.5. The summed E-state index contributed by atoms with van der Waals surface area (Å²) in [6, 6.07) is 13.7. The van der Waals surface area contributed by atoms with E-state index in [9.17, 15) is 9.59 Å². The first-order valence-electron chi connectivity index (χ1n) is 12.1. The highest BCUT2D eigenvalue weighted by Gasteiger charge is 2.36. The number of likely N-dealkylation sites (N-methyl/N-ethyl adjacent to an activating group) is 1. The van der Waals surface area contributed by atoms with E-state index in [-0.39, 0.29) is 11.8 Å². The summed E-state index contributed by atoms with van der Waals surface area (Å²) < 4.78 is 5.98. The zero-order valence-electron chi connectivity index (χ0n) is 19.4. The van der Waals surface area contributed by atoms with Gasteiger partial charge in [-0.15, -0.1) is 0 Å². The van der Waals surface area contributed by atoms with Crippen LogP contribution in [0.15, 0.2) is 48.7 Å². The van der Waals surface area contributed by atoms with Crippen molar-refractivity contribution in [2.45, 2.75) is 57.1 Å². The number of ether oxygens (including phenoxy) is 1. The van der Waals surface area contributed by atoms with Crippen LogP contribution in [0.3, 0.4) is 0 Å². The van der Waals surface area contributed by atoms with Gasteiger partial charge < -0.3 is 15.0 Å². The SMILES string of the molecule is CN(CCNC(=O)CCCN1C(=O)[C@H](c2ccccc2)Oc2cccnc21)C1CCCCC1. The van der Waals surface area contributed by atoms with Crippen LogP contribution in [0.2, 0.25) is 0 Å². The number of rotatable bonds is 9. The van der Waals surface area contributed by atoms with Gasteiger partial charge in [-0.05, 0) is 38.4 Å². The van der Waals surface area contributed by atoms with E-state index in [1.54, 1.807) is 17.2 Å². The van der Waals surface area contributed by atoms with Crippen LogP contribution < -0.4 is 15.0 Å². The number of benzene rings is 1. The van der Waals surface area contributed by atoms with Crippen LogP contribution in [0.4, 0.5) is 5.82 Å². The number of nitrogens with one attached hydrogen (secondary N) is 1. The van der Waals surface area contributed by atoms with E-state index in [0.29, 0.717) is 43.5 Å². The third-order valence-corrected chi connectivity index (χ3v) is 6.61. The first-order chi connectivity index (χ1) is 16.1. The van der Waals surface area contributed by atoms with Crippen molar-refractivity contribution in [2.75, 3.05) is 31.6 Å². The largest absolute Gasteiger partial charge is 0.472 e. The van der Waals surface area contributed by atoms with Gasteiger partial charge in [-0.1, -0.05) is 49.6 Å². The minimum absolute atomic E-state index is 0.0219. The Morgan fingerprint density at radius 3 is 2.73 bits per heavy atom. The molecule has 1 aromatic heterocycles. The number of hydrogen-bond acceptors (Lipinski definition) is 5. The average Bonchev–Trinajstić information content (AvgIpc) is 2.86. The molecule has 1 saturated carbocycles. The first kappa shape index (κ1) is 23.2. The van der Waals surface area contributed by atoms with Crippen molar-refractivity contribution in [3.05, 3.63) is 54.2 Å². The maximum atomic E-state index is 13.2. The smallest absolute Gasteiger partial charge is 0.274 e. The van der Waals surface area contributed by atoms with Crippen LogP contribution >= 0.6 is 0 Å². The summed E-state index contributed by atoms with van der Waals surface area (Å²) in [7, 11) is 2.15. The summed E-state index contributed by atoms with van der Waals surface area (Å²) in [5.74, 6) is 0.973. The minimum Gasteiger partial charge on any atom is -0.472 e. The van der Waals surface area contributed by atoms with E-state index < -0.39 is 6.10 Å². The number of nitrogens with zero attached hydrogens (tertiary/aromatic N) is 3. The second-order valence-corrected chi connectivity index (χ2v) is 8.95. The molecule has 1 fully saturated rings. The predicted molar refractivity (Wildman–Crippen MR) is 128 cm³/mol. The molecule has 1 aliphatic carbocycles. The number of hydrogen-bond donors (Lipinski definition) is 1. The Hall–Kier alpha value is -2.93. The molecular formula is C26H34N4O3. The van der Waals surface area contributed by atoms with Gasteiger partial charge >= 0.3 is 0 Å². The van der Waals surface area contributed by atoms with Gasteiger partial charge in [-0.25, -0.2) is 4.98 Å². The maximum absolute atomic E-state index is 13.2. The first-order valence-corrected chi connectivity index (χ1v) is 12.1. The van der Waals surface area contributed by atoms with Gasteiger partial charge in [-0.2, -0.15) is 0 Å². The fourth-order valence-corrected chi connectivity index (χ4v) is 4.72. The molecule has 7 nitrogen and oxygen atoms in total. The number of fused-ring (bicyclic) bond motifs is 1. The van der Waals surface area contributed by atoms with Gasteiger partial charge in [0.1, 0.15) is 0 Å². The molecule has 176 valence electrons. The molecule has 0 unspecified atom stereocenters. The number of carbonyl (C=O) groups excluding carboxylic acids is 2. The molecule has 1 aromatic carbocycles. The van der Waals surface area contributed by atoms with Crippen molar-refractivity contribution in [1.29, 1.82) is 0 Å². The topological polar surface area (TPSA) is 74.8 Å². The average molecular weight is 451 g/mol. The van der Waals surface area contributed by atoms with Crippen molar-refractivity contribution < 1.29 is 14.3 Å². The summed E-state index contributed by atoms with van der Waals surface area (Å²) in [6.07, 6.45) is 8.38. The highest BCUT2D eigenvalue weighted by Crippen LogP contribution is 2.37. The molecule has 2 aromatic rings. The number of carbonyl (C=O) groups is 2. The van der Waals surface area contributed by atoms with Gasteiger partial charge in [0.05, 0.1) is 0 Å². The van der Waals surface area contributed by atoms with Crippen molar-refractivity contribution in [2.24, 2.45) is 0 Å². The normalized spacial score (nSPS) is 18.7. The number of anilines is 1. The summed E-state index contributed by atoms with van der Waals surface area (Å²) in [6.45, 7) is 1.95. The van der Waals surface area contributed by atoms with Crippen LogP contribution in [0.1, 0.15) is 56.6 Å². The molecule has 7 heteroatoms. The van der Waals surface area contributed by atoms with Gasteiger partial charge in [-0.3, -0.25) is 14.5 Å². The van der Waals surface area contributed by atoms with E-state index in [4.69, 9.17) is 4.74 Å². The lowest BCUT2D eigenvalue weighted by Gasteiger charge is -2.33. The van der Waals surface area contributed by atoms with Crippen molar-refractivity contribution in [3.63, 3.8) is 0 Å². The van der Waals surface area contributed by atoms with E-state index in [1.165, 1.54) is 32.1 Å². The number of amides is 2. The van der Waals surface area contributed by atoms with Gasteiger partial charge in [0.25, 0.3) is 5.91 Å². The lowest BCUT2D eigenvalue weighted by atomic mass is 9.94. The van der Waals surface area contributed by atoms with Gasteiger partial charge in [0, 0.05) is 43.9 Å². The predicted octanol–water partition coefficient (Wildman–Crippen LogP) is 3.71. The molecule has 33 heavy (non-hydrogen) atoms. The molecule has 0 spiro atoms. The Labute approximate surface area is 196 Å². The minimum atomic E-state index is -0.702. The molecule has 2 heterocycles. The zero-order valence-corrected chi connectivity index (χ0v) is 19.4. The fourth-order valence-electron chi connectivity index (χ4n) is 4.72. The Balaban J connectivity index is 1.28. The van der Waals surface area contributed by atoms with Crippen LogP contribution in [0.5, 0.6) is 5.75 Å². The Morgan fingerprint density at radius 2 is 1.94 bits per heavy atom. The molecule has 1 atom stereocenters. The molecule has 1 aliphatic heterocycles. The van der Waals surface area contributed by atoms with Crippen LogP contribution in [-0.2, 0) is 9.59 Å². The molecule has 0 bridgehead atoms. The third-order valence-electron chi connectivity index (χ3n) is 6.61. The molecule has 2 aliphatic rings. The Morgan fingerprint density at radius 1 is 1.15 bits per heavy atom. The zero-order chi connectivity index (χ0) is 23.0. The van der Waals surface area contributed by atoms with Crippen molar-refractivity contribution in [3.8, 4) is 5.75 Å². The summed E-state index contributed by atoms with van der Waals surface area (Å²) in [5, 5.41) is 3.03. The van der Waals surface area contributed by atoms with Crippen LogP contribution in [0, 0.1) is 0 Å². The van der Waals surface area contributed by atoms with E-state index in [0.717, 1.165) is 12.1 Å². The molecular weight excluding hydrogens is 416 g/mol. The number of pyridine rings is 1. The lowest BCUT2D eigenvalue weighted by Crippen LogP contribution is -2.42. The third kappa shape index (κ3) is 5.90. The molecule has 0 radical (unpaired) electrons. The maximum Gasteiger partial charge on any atom is 0.274 e. The van der Waals surface area contributed by atoms with Crippen molar-refractivity contribution in [1.82, 2.24) is 15.2 Å². The summed E-state index contributed by atoms with van der Waals surface area (Å²) >= 11 is 0. The quantitative estimate of drug-likeness (QED) is 0.630. The van der Waals surface area contributed by atoms with E-state index >= 15 is 0 Å². The Bertz CT molecular complexity index is 930. The number of aromatic nitrogens is 1. The second kappa shape index (κ2) is 11.3. The van der Waals surface area contributed by atoms with Crippen LogP contribution in [0.25, 0.3) is 0 Å². The monoisotopic (exact) mass is 450 g/mol. The summed E-state index contributed by atoms with van der Waals surface area (Å²) in [5.41, 5.74) is 0.807. The second-order valence-electron chi connectivity index (χ2n) is 8.95. The lowest BCUT2D eigenvalue weighted by molar-refractivity contribution is -0.127. The molecule has 1 N–H and O–H groups in total. The van der Waals surface area contributed by atoms with Crippen molar-refractivity contribution >= 4 is 17.6 Å². The summed E-state index contributed by atoms with van der Waals surface area (Å²) in [4.78, 5) is 34.0. The van der Waals surface area contributed by atoms with Crippen LogP contribution in [-0.4, -0.2) is 54.4 Å². The molecule has 2 amide bonds. The highest BCUT2D eigenvalue weighted by molar-refractivity contribution is 5.99. The Kier molecular flexibility index (Phi) is 7.94. The van der Waals surface area contributed by atoms with E-state index in [2.05, 4.69) is 22.2 Å². The van der Waals surface area contributed by atoms with E-state index in [1.807, 2.05) is 36.4 Å². The van der Waals surface area contributed by atoms with Gasteiger partial charge in [0.15, 0.2) is 11.6 Å². The molecule has 4 rings (SSSR count). The fraction of sp³-hybridized carbons (Fsp3) is 0.500. The molecule has 0 saturated heterocycles. The standard InChI is InChI=1S/C26H34N4O3/c1-29(21-12-6-3-7-13-21)19-17-27-23(31)15-9-18-30-25-22(14-8-16-28-25)33-24(26(30)32)20-10-4-2-5-11-20/h2,4-5,8,10-11,14,16,21,24H,3,6-7,9,12-13,15,17-19H2,1H3,(H,27,31)/t24-/m0/s1. The van der Waals surface area contributed by atoms with Gasteiger partial charge in [0.2, 0.25) is 12.0 Å².